The van der Waals surface area contributed by atoms with Crippen LogP contribution < -0.4 is 4.90 Å². The van der Waals surface area contributed by atoms with E-state index in [0.717, 1.165) is 48.2 Å². The van der Waals surface area contributed by atoms with Crippen molar-refractivity contribution < 1.29 is 32.5 Å². The minimum absolute atomic E-state index is 0.0420. The molecule has 2 aromatic rings. The number of aliphatic carboxylic acids is 1. The molecule has 0 unspecified atom stereocenters. The molecule has 2 saturated heterocycles. The van der Waals surface area contributed by atoms with Crippen molar-refractivity contribution in [2.24, 2.45) is 0 Å². The van der Waals surface area contributed by atoms with Gasteiger partial charge in [-0.25, -0.2) is 9.78 Å². The minimum Gasteiger partial charge on any atom is -0.475 e. The van der Waals surface area contributed by atoms with Gasteiger partial charge in [-0.3, -0.25) is 0 Å². The number of alkyl halides is 3. The maximum Gasteiger partial charge on any atom is 0.490 e. The lowest BCUT2D eigenvalue weighted by atomic mass is 10.0. The van der Waals surface area contributed by atoms with Crippen LogP contribution in [-0.2, 0) is 20.9 Å². The Morgan fingerprint density at radius 3 is 2.68 bits per heavy atom. The summed E-state index contributed by atoms with van der Waals surface area (Å²) < 4.78 is 44.0. The Hall–Kier alpha value is -2.31. The average Bonchev–Trinajstić information content (AvgIpc) is 3.30. The monoisotopic (exact) mass is 460 g/mol. The molecule has 0 bridgehead atoms. The van der Waals surface area contributed by atoms with E-state index in [1.807, 2.05) is 26.0 Å². The molecular weight excluding hydrogens is 437 g/mol. The van der Waals surface area contributed by atoms with Gasteiger partial charge in [-0.05, 0) is 38.8 Å². The van der Waals surface area contributed by atoms with Gasteiger partial charge in [0.05, 0.1) is 29.0 Å². The van der Waals surface area contributed by atoms with Crippen molar-refractivity contribution in [1.82, 2.24) is 15.2 Å². The molecule has 1 N–H and O–H groups in total. The van der Waals surface area contributed by atoms with Crippen LogP contribution in [0, 0.1) is 13.8 Å². The molecule has 0 saturated carbocycles. The second-order valence-electron chi connectivity index (χ2n) is 7.24. The van der Waals surface area contributed by atoms with Crippen LogP contribution in [0.15, 0.2) is 17.5 Å². The van der Waals surface area contributed by atoms with Crippen LogP contribution in [0.5, 0.6) is 0 Å². The topological polar surface area (TPSA) is 97.7 Å². The van der Waals surface area contributed by atoms with Crippen LogP contribution in [0.4, 0.5) is 19.0 Å². The van der Waals surface area contributed by atoms with E-state index in [9.17, 15) is 13.2 Å². The number of fused-ring (bicyclic) bond motifs is 1. The summed E-state index contributed by atoms with van der Waals surface area (Å²) in [5, 5.41) is 18.8. The fraction of sp³-hybridized carbons (Fsp3) is 0.579. The number of carboxylic acid groups (broad SMARTS) is 1. The first-order chi connectivity index (χ1) is 14.6. The number of hydrogen-bond donors (Lipinski definition) is 1. The normalized spacial score (nSPS) is 23.1. The molecule has 3 atom stereocenters. The van der Waals surface area contributed by atoms with Crippen LogP contribution >= 0.6 is 11.3 Å². The third-order valence-electron chi connectivity index (χ3n) is 4.91. The summed E-state index contributed by atoms with van der Waals surface area (Å²) in [4.78, 5) is 15.7. The molecule has 4 heterocycles. The predicted octanol–water partition coefficient (Wildman–Crippen LogP) is 3.14. The Balaban J connectivity index is 0.000000339. The Bertz CT molecular complexity index is 878. The summed E-state index contributed by atoms with van der Waals surface area (Å²) in [6, 6.07) is 4.37. The van der Waals surface area contributed by atoms with E-state index < -0.39 is 12.1 Å². The standard InChI is InChI=1S/C17H22N4O2S.C2HF3O2/c1-11-5-6-16(20-19-11)21-8-15(17-14(21)4-3-7-22-17)23-9-13-10-24-12(2)18-13;3-2(4,5)1(6)7/h5-6,10,14-15,17H,3-4,7-9H2,1-2H3;(H,6,7)/t14-,15+,17+;/m1./s1. The summed E-state index contributed by atoms with van der Waals surface area (Å²) in [7, 11) is 0. The molecule has 12 heteroatoms. The molecule has 0 amide bonds. The van der Waals surface area contributed by atoms with E-state index in [4.69, 9.17) is 19.4 Å². The maximum atomic E-state index is 10.6. The lowest BCUT2D eigenvalue weighted by Gasteiger charge is -2.32. The van der Waals surface area contributed by atoms with Gasteiger partial charge in [-0.1, -0.05) is 0 Å². The lowest BCUT2D eigenvalue weighted by molar-refractivity contribution is -0.192. The summed E-state index contributed by atoms with van der Waals surface area (Å²) in [6.07, 6.45) is -2.76. The number of carboxylic acids is 1. The molecule has 4 rings (SSSR count). The first kappa shape index (κ1) is 23.4. The average molecular weight is 460 g/mol. The van der Waals surface area contributed by atoms with Crippen molar-refractivity contribution in [1.29, 1.82) is 0 Å². The van der Waals surface area contributed by atoms with Crippen LogP contribution in [-0.4, -0.2) is 63.8 Å². The summed E-state index contributed by atoms with van der Waals surface area (Å²) in [5.41, 5.74) is 1.93. The molecular formula is C19H23F3N4O4S. The number of anilines is 1. The second-order valence-corrected chi connectivity index (χ2v) is 8.30. The largest absolute Gasteiger partial charge is 0.490 e. The highest BCUT2D eigenvalue weighted by Gasteiger charge is 2.45. The second kappa shape index (κ2) is 9.88. The molecule has 0 aromatic carbocycles. The van der Waals surface area contributed by atoms with E-state index >= 15 is 0 Å². The first-order valence-electron chi connectivity index (χ1n) is 9.66. The number of aryl methyl sites for hydroxylation is 2. The van der Waals surface area contributed by atoms with E-state index in [1.165, 1.54) is 0 Å². The zero-order chi connectivity index (χ0) is 22.6. The molecule has 8 nitrogen and oxygen atoms in total. The van der Waals surface area contributed by atoms with Crippen LogP contribution in [0.3, 0.4) is 0 Å². The highest BCUT2D eigenvalue weighted by Crippen LogP contribution is 2.33. The molecule has 2 aliphatic heterocycles. The van der Waals surface area contributed by atoms with Gasteiger partial charge < -0.3 is 19.5 Å². The van der Waals surface area contributed by atoms with Crippen LogP contribution in [0.2, 0.25) is 0 Å². The number of ether oxygens (including phenoxy) is 2. The van der Waals surface area contributed by atoms with E-state index in [-0.39, 0.29) is 12.2 Å². The van der Waals surface area contributed by atoms with Crippen molar-refractivity contribution in [2.75, 3.05) is 18.1 Å². The number of nitrogens with zero attached hydrogens (tertiary/aromatic N) is 4. The van der Waals surface area contributed by atoms with E-state index in [1.54, 1.807) is 11.3 Å². The van der Waals surface area contributed by atoms with Crippen molar-refractivity contribution >= 4 is 23.1 Å². The maximum absolute atomic E-state index is 10.6. The quantitative estimate of drug-likeness (QED) is 0.743. The van der Waals surface area contributed by atoms with Gasteiger partial charge in [0.2, 0.25) is 0 Å². The fourth-order valence-corrected chi connectivity index (χ4v) is 4.13. The van der Waals surface area contributed by atoms with Crippen molar-refractivity contribution in [3.05, 3.63) is 33.9 Å². The SMILES string of the molecule is Cc1ccc(N2C[C@H](OCc3csc(C)n3)[C@H]3OCCC[C@H]32)nn1.O=C(O)C(F)(F)F. The molecule has 2 fully saturated rings. The van der Waals surface area contributed by atoms with E-state index in [2.05, 4.69) is 25.5 Å². The highest BCUT2D eigenvalue weighted by atomic mass is 32.1. The Labute approximate surface area is 181 Å². The highest BCUT2D eigenvalue weighted by molar-refractivity contribution is 7.09. The number of halogens is 3. The van der Waals surface area contributed by atoms with Crippen LogP contribution in [0.1, 0.15) is 29.2 Å². The van der Waals surface area contributed by atoms with Gasteiger partial charge in [-0.2, -0.15) is 18.3 Å². The zero-order valence-corrected chi connectivity index (χ0v) is 17.8. The third kappa shape index (κ3) is 6.11. The smallest absolute Gasteiger partial charge is 0.475 e. The van der Waals surface area contributed by atoms with Crippen LogP contribution in [0.25, 0.3) is 0 Å². The number of rotatable bonds is 4. The van der Waals surface area contributed by atoms with E-state index in [0.29, 0.717) is 12.6 Å². The minimum atomic E-state index is -5.08. The molecule has 2 aliphatic rings. The fourth-order valence-electron chi connectivity index (χ4n) is 3.53. The number of aromatic nitrogens is 3. The van der Waals surface area contributed by atoms with Crippen molar-refractivity contribution in [3.8, 4) is 0 Å². The van der Waals surface area contributed by atoms with Crippen molar-refractivity contribution in [2.45, 2.75) is 57.7 Å². The summed E-state index contributed by atoms with van der Waals surface area (Å²) in [6.45, 7) is 6.10. The number of hydrogen-bond acceptors (Lipinski definition) is 8. The van der Waals surface area contributed by atoms with Gasteiger partial charge in [0.15, 0.2) is 5.82 Å². The first-order valence-corrected chi connectivity index (χ1v) is 10.5. The molecule has 2 aromatic heterocycles. The molecule has 0 radical (unpaired) electrons. The Kier molecular flexibility index (Phi) is 7.44. The molecule has 31 heavy (non-hydrogen) atoms. The molecule has 0 spiro atoms. The Morgan fingerprint density at radius 1 is 1.35 bits per heavy atom. The predicted molar refractivity (Wildman–Crippen MR) is 106 cm³/mol. The van der Waals surface area contributed by atoms with Gasteiger partial charge in [0.1, 0.15) is 12.2 Å². The number of thiazole rings is 1. The van der Waals surface area contributed by atoms with Gasteiger partial charge in [0, 0.05) is 18.5 Å². The number of carbonyl (C=O) groups is 1. The molecule has 0 aliphatic carbocycles. The van der Waals surface area contributed by atoms with Gasteiger partial charge >= 0.3 is 12.1 Å². The Morgan fingerprint density at radius 2 is 2.10 bits per heavy atom. The molecule has 170 valence electrons. The van der Waals surface area contributed by atoms with Gasteiger partial charge in [-0.15, -0.1) is 16.4 Å². The van der Waals surface area contributed by atoms with Crippen molar-refractivity contribution in [3.63, 3.8) is 0 Å². The van der Waals surface area contributed by atoms with Gasteiger partial charge in [0.25, 0.3) is 0 Å². The lowest BCUT2D eigenvalue weighted by Crippen LogP contribution is -2.42. The third-order valence-corrected chi connectivity index (χ3v) is 5.73. The zero-order valence-electron chi connectivity index (χ0n) is 17.0. The summed E-state index contributed by atoms with van der Waals surface area (Å²) >= 11 is 1.66. The summed E-state index contributed by atoms with van der Waals surface area (Å²) in [5.74, 6) is -1.84.